The van der Waals surface area contributed by atoms with Gasteiger partial charge in [0.2, 0.25) is 0 Å². The Labute approximate surface area is 128 Å². The van der Waals surface area contributed by atoms with Gasteiger partial charge < -0.3 is 10.1 Å². The zero-order chi connectivity index (χ0) is 14.5. The fourth-order valence-corrected chi connectivity index (χ4v) is 3.09. The fraction of sp³-hybridized carbons (Fsp3) is 0.235. The Morgan fingerprint density at radius 2 is 2.10 bits per heavy atom. The normalized spacial score (nSPS) is 10.9. The van der Waals surface area contributed by atoms with E-state index in [0.717, 1.165) is 29.7 Å². The molecule has 0 aliphatic heterocycles. The summed E-state index contributed by atoms with van der Waals surface area (Å²) in [5.41, 5.74) is 2.28. The van der Waals surface area contributed by atoms with Gasteiger partial charge in [0.05, 0.1) is 0 Å². The molecule has 4 heteroatoms. The Balaban J connectivity index is 1.52. The molecule has 0 amide bonds. The topological polar surface area (TPSA) is 34.1 Å². The van der Waals surface area contributed by atoms with Crippen LogP contribution in [0.5, 0.6) is 5.75 Å². The van der Waals surface area contributed by atoms with E-state index in [0.29, 0.717) is 6.61 Å². The number of hydrogen-bond donors (Lipinski definition) is 1. The molecule has 0 fully saturated rings. The van der Waals surface area contributed by atoms with Gasteiger partial charge in [-0.05, 0) is 36.1 Å². The monoisotopic (exact) mass is 298 g/mol. The molecule has 3 rings (SSSR count). The van der Waals surface area contributed by atoms with Crippen molar-refractivity contribution in [1.82, 2.24) is 10.3 Å². The summed E-state index contributed by atoms with van der Waals surface area (Å²) in [4.78, 5) is 5.78. The van der Waals surface area contributed by atoms with Crippen LogP contribution in [0.25, 0.3) is 10.9 Å². The predicted molar refractivity (Wildman–Crippen MR) is 88.0 cm³/mol. The van der Waals surface area contributed by atoms with Gasteiger partial charge in [0, 0.05) is 29.5 Å². The summed E-state index contributed by atoms with van der Waals surface area (Å²) in [6.07, 6.45) is 1.80. The third-order valence-electron chi connectivity index (χ3n) is 3.39. The number of thiophene rings is 1. The van der Waals surface area contributed by atoms with E-state index in [9.17, 15) is 0 Å². The molecule has 0 aliphatic carbocycles. The van der Waals surface area contributed by atoms with Crippen molar-refractivity contribution in [2.75, 3.05) is 13.2 Å². The summed E-state index contributed by atoms with van der Waals surface area (Å²) in [5, 5.41) is 6.65. The number of pyridine rings is 1. The largest absolute Gasteiger partial charge is 0.490 e. The molecular weight excluding hydrogens is 280 g/mol. The van der Waals surface area contributed by atoms with E-state index in [4.69, 9.17) is 4.74 Å². The maximum Gasteiger partial charge on any atom is 0.145 e. The highest BCUT2D eigenvalue weighted by molar-refractivity contribution is 7.10. The molecule has 0 bridgehead atoms. The van der Waals surface area contributed by atoms with Crippen LogP contribution >= 0.6 is 11.3 Å². The Hall–Kier alpha value is -1.91. The molecule has 0 aliphatic rings. The first kappa shape index (κ1) is 14.0. The summed E-state index contributed by atoms with van der Waals surface area (Å²) in [6, 6.07) is 12.2. The maximum absolute atomic E-state index is 5.85. The maximum atomic E-state index is 5.85. The third kappa shape index (κ3) is 3.40. The van der Waals surface area contributed by atoms with Crippen LogP contribution in [0.2, 0.25) is 0 Å². The number of nitrogens with one attached hydrogen (secondary N) is 1. The molecule has 3 nitrogen and oxygen atoms in total. The Bertz CT molecular complexity index is 718. The molecule has 2 heterocycles. The molecule has 3 aromatic rings. The molecule has 0 saturated heterocycles. The molecule has 0 saturated carbocycles. The van der Waals surface area contributed by atoms with Gasteiger partial charge in [-0.2, -0.15) is 0 Å². The van der Waals surface area contributed by atoms with Crippen molar-refractivity contribution in [2.24, 2.45) is 0 Å². The van der Waals surface area contributed by atoms with Gasteiger partial charge in [-0.15, -0.1) is 11.3 Å². The van der Waals surface area contributed by atoms with E-state index in [2.05, 4.69) is 28.7 Å². The van der Waals surface area contributed by atoms with E-state index in [1.54, 1.807) is 17.5 Å². The van der Waals surface area contributed by atoms with Crippen LogP contribution in [0.1, 0.15) is 10.4 Å². The summed E-state index contributed by atoms with van der Waals surface area (Å²) in [6.45, 7) is 4.51. The van der Waals surface area contributed by atoms with Gasteiger partial charge in [-0.25, -0.2) is 0 Å². The summed E-state index contributed by atoms with van der Waals surface area (Å²) in [7, 11) is 0. The summed E-state index contributed by atoms with van der Waals surface area (Å²) >= 11 is 1.79. The average Bonchev–Trinajstić information content (AvgIpc) is 2.92. The Kier molecular flexibility index (Phi) is 4.48. The van der Waals surface area contributed by atoms with Crippen molar-refractivity contribution in [3.63, 3.8) is 0 Å². The van der Waals surface area contributed by atoms with Crippen molar-refractivity contribution in [2.45, 2.75) is 13.5 Å². The van der Waals surface area contributed by atoms with Crippen molar-refractivity contribution < 1.29 is 4.74 Å². The fourth-order valence-electron chi connectivity index (χ4n) is 2.21. The first-order chi connectivity index (χ1) is 10.3. The minimum Gasteiger partial charge on any atom is -0.490 e. The zero-order valence-electron chi connectivity index (χ0n) is 12.0. The molecule has 1 aromatic carbocycles. The van der Waals surface area contributed by atoms with Crippen LogP contribution in [-0.4, -0.2) is 18.1 Å². The number of fused-ring (bicyclic) bond motifs is 1. The van der Waals surface area contributed by atoms with Crippen molar-refractivity contribution in [3.8, 4) is 5.75 Å². The van der Waals surface area contributed by atoms with Crippen LogP contribution in [0, 0.1) is 6.92 Å². The molecular formula is C17H18N2OS. The van der Waals surface area contributed by atoms with E-state index >= 15 is 0 Å². The van der Waals surface area contributed by atoms with Crippen LogP contribution in [0.15, 0.2) is 48.0 Å². The predicted octanol–water partition coefficient (Wildman–Crippen LogP) is 3.77. The quantitative estimate of drug-likeness (QED) is 0.703. The standard InChI is InChI=1S/C17H18N2OS/c1-13-7-11-21-16(13)12-18-9-10-20-15-6-2-4-14-5-3-8-19-17(14)15/h2-8,11,18H,9-10,12H2,1H3. The number of hydrogen-bond acceptors (Lipinski definition) is 4. The second kappa shape index (κ2) is 6.70. The van der Waals surface area contributed by atoms with E-state index < -0.39 is 0 Å². The molecule has 0 radical (unpaired) electrons. The van der Waals surface area contributed by atoms with E-state index in [1.165, 1.54) is 10.4 Å². The SMILES string of the molecule is Cc1ccsc1CNCCOc1cccc2cccnc12. The number of ether oxygens (including phenoxy) is 1. The van der Waals surface area contributed by atoms with E-state index in [1.807, 2.05) is 30.3 Å². The number of rotatable bonds is 6. The van der Waals surface area contributed by atoms with Gasteiger partial charge in [-0.1, -0.05) is 18.2 Å². The lowest BCUT2D eigenvalue weighted by molar-refractivity contribution is 0.317. The van der Waals surface area contributed by atoms with Crippen molar-refractivity contribution in [3.05, 3.63) is 58.4 Å². The molecule has 0 atom stereocenters. The smallest absolute Gasteiger partial charge is 0.145 e. The van der Waals surface area contributed by atoms with Crippen LogP contribution in [0.3, 0.4) is 0 Å². The highest BCUT2D eigenvalue weighted by atomic mass is 32.1. The zero-order valence-corrected chi connectivity index (χ0v) is 12.8. The second-order valence-electron chi connectivity index (χ2n) is 4.88. The number of aromatic nitrogens is 1. The van der Waals surface area contributed by atoms with Gasteiger partial charge in [0.15, 0.2) is 0 Å². The van der Waals surface area contributed by atoms with Crippen LogP contribution in [0.4, 0.5) is 0 Å². The Morgan fingerprint density at radius 3 is 2.95 bits per heavy atom. The highest BCUT2D eigenvalue weighted by Gasteiger charge is 2.02. The molecule has 0 spiro atoms. The number of benzene rings is 1. The summed E-state index contributed by atoms with van der Waals surface area (Å²) < 4.78 is 5.85. The summed E-state index contributed by atoms with van der Waals surface area (Å²) in [5.74, 6) is 0.849. The van der Waals surface area contributed by atoms with Crippen molar-refractivity contribution in [1.29, 1.82) is 0 Å². The van der Waals surface area contributed by atoms with Crippen LogP contribution < -0.4 is 10.1 Å². The van der Waals surface area contributed by atoms with Gasteiger partial charge in [-0.3, -0.25) is 4.98 Å². The highest BCUT2D eigenvalue weighted by Crippen LogP contribution is 2.22. The van der Waals surface area contributed by atoms with Gasteiger partial charge >= 0.3 is 0 Å². The lowest BCUT2D eigenvalue weighted by atomic mass is 10.2. The number of para-hydroxylation sites is 1. The van der Waals surface area contributed by atoms with Gasteiger partial charge in [0.25, 0.3) is 0 Å². The molecule has 2 aromatic heterocycles. The van der Waals surface area contributed by atoms with Crippen molar-refractivity contribution >= 4 is 22.2 Å². The van der Waals surface area contributed by atoms with Crippen LogP contribution in [-0.2, 0) is 6.54 Å². The first-order valence-electron chi connectivity index (χ1n) is 7.05. The molecule has 21 heavy (non-hydrogen) atoms. The minimum atomic E-state index is 0.639. The number of nitrogens with zero attached hydrogens (tertiary/aromatic N) is 1. The minimum absolute atomic E-state index is 0.639. The lowest BCUT2D eigenvalue weighted by Gasteiger charge is -2.09. The lowest BCUT2D eigenvalue weighted by Crippen LogP contribution is -2.20. The average molecular weight is 298 g/mol. The Morgan fingerprint density at radius 1 is 1.19 bits per heavy atom. The number of aryl methyl sites for hydroxylation is 1. The second-order valence-corrected chi connectivity index (χ2v) is 5.88. The first-order valence-corrected chi connectivity index (χ1v) is 7.93. The molecule has 0 unspecified atom stereocenters. The van der Waals surface area contributed by atoms with Gasteiger partial charge in [0.1, 0.15) is 17.9 Å². The third-order valence-corrected chi connectivity index (χ3v) is 4.41. The molecule has 108 valence electrons. The molecule has 1 N–H and O–H groups in total. The van der Waals surface area contributed by atoms with E-state index in [-0.39, 0.29) is 0 Å².